The van der Waals surface area contributed by atoms with Gasteiger partial charge in [-0.25, -0.2) is 0 Å². The molecule has 0 atom stereocenters. The maximum absolute atomic E-state index is 9.14. The van der Waals surface area contributed by atoms with E-state index in [-0.39, 0.29) is 6.61 Å². The average molecular weight is 339 g/mol. The van der Waals surface area contributed by atoms with E-state index in [1.54, 1.807) is 7.11 Å². The Morgan fingerprint density at radius 3 is 2.72 bits per heavy atom. The summed E-state index contributed by atoms with van der Waals surface area (Å²) in [7, 11) is 1.62. The van der Waals surface area contributed by atoms with E-state index in [2.05, 4.69) is 15.0 Å². The minimum absolute atomic E-state index is 0.141. The second kappa shape index (κ2) is 8.30. The van der Waals surface area contributed by atoms with Crippen molar-refractivity contribution >= 4 is 5.69 Å². The zero-order valence-electron chi connectivity index (χ0n) is 14.1. The lowest BCUT2D eigenvalue weighted by molar-refractivity contribution is 0.288. The number of para-hydroxylation sites is 1. The molecule has 6 nitrogen and oxygen atoms in total. The van der Waals surface area contributed by atoms with E-state index >= 15 is 0 Å². The molecule has 25 heavy (non-hydrogen) atoms. The number of methoxy groups -OCH3 is 1. The standard InChI is InChI=1S/C19H21N3O3/c1-24-17-10-5-7-15(13-17)19-20-18(25-21-19)14-22(11-6-12-23)16-8-3-2-4-9-16/h2-5,7-10,13,23H,6,11-12,14H2,1H3. The minimum Gasteiger partial charge on any atom is -0.497 e. The van der Waals surface area contributed by atoms with Crippen LogP contribution >= 0.6 is 0 Å². The molecule has 0 saturated heterocycles. The third-order valence-electron chi connectivity index (χ3n) is 3.83. The summed E-state index contributed by atoms with van der Waals surface area (Å²) in [6, 6.07) is 17.5. The fraction of sp³-hybridized carbons (Fsp3) is 0.263. The summed E-state index contributed by atoms with van der Waals surface area (Å²) in [5.41, 5.74) is 1.90. The predicted molar refractivity (Wildman–Crippen MR) is 95.5 cm³/mol. The van der Waals surface area contributed by atoms with Crippen LogP contribution < -0.4 is 9.64 Å². The van der Waals surface area contributed by atoms with Crippen molar-refractivity contribution in [3.63, 3.8) is 0 Å². The van der Waals surface area contributed by atoms with Crippen molar-refractivity contribution < 1.29 is 14.4 Å². The molecule has 0 aliphatic rings. The molecule has 1 aromatic heterocycles. The van der Waals surface area contributed by atoms with Gasteiger partial charge in [0.1, 0.15) is 5.75 Å². The number of aromatic nitrogens is 2. The number of rotatable bonds is 8. The first kappa shape index (κ1) is 17.0. The summed E-state index contributed by atoms with van der Waals surface area (Å²) >= 11 is 0. The summed E-state index contributed by atoms with van der Waals surface area (Å²) in [6.07, 6.45) is 0.672. The van der Waals surface area contributed by atoms with Gasteiger partial charge >= 0.3 is 0 Å². The molecule has 2 aromatic carbocycles. The monoisotopic (exact) mass is 339 g/mol. The second-order valence-electron chi connectivity index (χ2n) is 5.58. The van der Waals surface area contributed by atoms with E-state index in [0.717, 1.165) is 17.0 Å². The fourth-order valence-corrected chi connectivity index (χ4v) is 2.56. The van der Waals surface area contributed by atoms with Crippen LogP contribution in [-0.4, -0.2) is 35.5 Å². The van der Waals surface area contributed by atoms with Gasteiger partial charge in [0, 0.05) is 24.4 Å². The first-order valence-electron chi connectivity index (χ1n) is 8.18. The number of benzene rings is 2. The normalized spacial score (nSPS) is 10.6. The molecule has 0 unspecified atom stereocenters. The zero-order valence-corrected chi connectivity index (χ0v) is 14.1. The minimum atomic E-state index is 0.141. The molecule has 0 fully saturated rings. The highest BCUT2D eigenvalue weighted by molar-refractivity contribution is 5.57. The van der Waals surface area contributed by atoms with Gasteiger partial charge in [0.15, 0.2) is 0 Å². The highest BCUT2D eigenvalue weighted by atomic mass is 16.5. The Morgan fingerprint density at radius 2 is 1.96 bits per heavy atom. The van der Waals surface area contributed by atoms with Crippen LogP contribution in [0.25, 0.3) is 11.4 Å². The van der Waals surface area contributed by atoms with Crippen molar-refractivity contribution in [2.45, 2.75) is 13.0 Å². The Kier molecular flexibility index (Phi) is 5.64. The number of hydrogen-bond acceptors (Lipinski definition) is 6. The number of aliphatic hydroxyl groups is 1. The summed E-state index contributed by atoms with van der Waals surface area (Å²) in [4.78, 5) is 6.60. The lowest BCUT2D eigenvalue weighted by atomic mass is 10.2. The molecule has 1 heterocycles. The SMILES string of the molecule is COc1cccc(-c2noc(CN(CCCO)c3ccccc3)n2)c1. The van der Waals surface area contributed by atoms with Gasteiger partial charge < -0.3 is 19.3 Å². The topological polar surface area (TPSA) is 71.6 Å². The van der Waals surface area contributed by atoms with Gasteiger partial charge in [-0.05, 0) is 30.7 Å². The summed E-state index contributed by atoms with van der Waals surface area (Å²) in [5, 5.41) is 13.2. The average Bonchev–Trinajstić information content (AvgIpc) is 3.14. The number of anilines is 1. The van der Waals surface area contributed by atoms with Crippen LogP contribution in [0.3, 0.4) is 0 Å². The van der Waals surface area contributed by atoms with Gasteiger partial charge in [0.2, 0.25) is 11.7 Å². The molecule has 0 spiro atoms. The molecule has 0 amide bonds. The van der Waals surface area contributed by atoms with E-state index in [9.17, 15) is 0 Å². The Labute approximate surface area is 146 Å². The Morgan fingerprint density at radius 1 is 1.12 bits per heavy atom. The maximum atomic E-state index is 9.14. The molecule has 6 heteroatoms. The third kappa shape index (κ3) is 4.36. The van der Waals surface area contributed by atoms with Gasteiger partial charge in [-0.2, -0.15) is 4.98 Å². The van der Waals surface area contributed by atoms with E-state index in [1.807, 2.05) is 54.6 Å². The van der Waals surface area contributed by atoms with Crippen molar-refractivity contribution in [1.29, 1.82) is 0 Å². The van der Waals surface area contributed by atoms with Crippen LogP contribution in [0.15, 0.2) is 59.1 Å². The number of aliphatic hydroxyl groups excluding tert-OH is 1. The molecule has 0 saturated carbocycles. The first-order valence-corrected chi connectivity index (χ1v) is 8.18. The van der Waals surface area contributed by atoms with Gasteiger partial charge in [0.05, 0.1) is 13.7 Å². The Balaban J connectivity index is 1.78. The fourth-order valence-electron chi connectivity index (χ4n) is 2.56. The first-order chi connectivity index (χ1) is 12.3. The van der Waals surface area contributed by atoms with E-state index in [1.165, 1.54) is 0 Å². The summed E-state index contributed by atoms with van der Waals surface area (Å²) < 4.78 is 10.7. The number of hydrogen-bond donors (Lipinski definition) is 1. The molecular weight excluding hydrogens is 318 g/mol. The van der Waals surface area contributed by atoms with Gasteiger partial charge in [-0.15, -0.1) is 0 Å². The van der Waals surface area contributed by atoms with Crippen molar-refractivity contribution in [2.75, 3.05) is 25.2 Å². The van der Waals surface area contributed by atoms with Crippen LogP contribution in [0.2, 0.25) is 0 Å². The van der Waals surface area contributed by atoms with Crippen molar-refractivity contribution in [3.8, 4) is 17.1 Å². The van der Waals surface area contributed by atoms with Crippen LogP contribution in [-0.2, 0) is 6.54 Å². The second-order valence-corrected chi connectivity index (χ2v) is 5.58. The lowest BCUT2D eigenvalue weighted by Gasteiger charge is -2.22. The largest absolute Gasteiger partial charge is 0.497 e. The van der Waals surface area contributed by atoms with Crippen LogP contribution in [0.4, 0.5) is 5.69 Å². The van der Waals surface area contributed by atoms with Gasteiger partial charge in [-0.1, -0.05) is 35.5 Å². The lowest BCUT2D eigenvalue weighted by Crippen LogP contribution is -2.24. The summed E-state index contributed by atoms with van der Waals surface area (Å²) in [6.45, 7) is 1.33. The molecular formula is C19H21N3O3. The van der Waals surface area contributed by atoms with Gasteiger partial charge in [-0.3, -0.25) is 0 Å². The molecule has 130 valence electrons. The molecule has 0 radical (unpaired) electrons. The molecule has 0 bridgehead atoms. The van der Waals surface area contributed by atoms with Crippen molar-refractivity contribution in [2.24, 2.45) is 0 Å². The molecule has 1 N–H and O–H groups in total. The highest BCUT2D eigenvalue weighted by Crippen LogP contribution is 2.22. The van der Waals surface area contributed by atoms with Crippen molar-refractivity contribution in [3.05, 3.63) is 60.5 Å². The number of ether oxygens (including phenoxy) is 1. The molecule has 3 rings (SSSR count). The van der Waals surface area contributed by atoms with E-state index in [0.29, 0.717) is 31.2 Å². The predicted octanol–water partition coefficient (Wildman–Crippen LogP) is 3.13. The third-order valence-corrected chi connectivity index (χ3v) is 3.83. The molecule has 0 aliphatic carbocycles. The quantitative estimate of drug-likeness (QED) is 0.680. The Hall–Kier alpha value is -2.86. The molecule has 0 aliphatic heterocycles. The molecule has 3 aromatic rings. The van der Waals surface area contributed by atoms with E-state index < -0.39 is 0 Å². The van der Waals surface area contributed by atoms with Crippen LogP contribution in [0.1, 0.15) is 12.3 Å². The smallest absolute Gasteiger partial charge is 0.246 e. The number of nitrogens with zero attached hydrogens (tertiary/aromatic N) is 3. The van der Waals surface area contributed by atoms with Crippen molar-refractivity contribution in [1.82, 2.24) is 10.1 Å². The zero-order chi connectivity index (χ0) is 17.5. The summed E-state index contributed by atoms with van der Waals surface area (Å²) in [5.74, 6) is 1.81. The van der Waals surface area contributed by atoms with E-state index in [4.69, 9.17) is 14.4 Å². The van der Waals surface area contributed by atoms with Crippen LogP contribution in [0.5, 0.6) is 5.75 Å². The maximum Gasteiger partial charge on any atom is 0.246 e. The highest BCUT2D eigenvalue weighted by Gasteiger charge is 2.14. The van der Waals surface area contributed by atoms with Gasteiger partial charge in [0.25, 0.3) is 0 Å². The Bertz CT molecular complexity index is 789. The van der Waals surface area contributed by atoms with Crippen LogP contribution in [0, 0.1) is 0 Å².